The number of aromatic nitrogens is 5. The van der Waals surface area contributed by atoms with E-state index in [1.807, 2.05) is 33.9 Å². The number of ether oxygens (including phenoxy) is 1. The van der Waals surface area contributed by atoms with Crippen LogP contribution in [-0.4, -0.2) is 30.8 Å². The van der Waals surface area contributed by atoms with E-state index < -0.39 is 0 Å². The highest BCUT2D eigenvalue weighted by Gasteiger charge is 2.11. The van der Waals surface area contributed by atoms with Gasteiger partial charge in [-0.3, -0.25) is 4.68 Å². The molecule has 6 nitrogen and oxygen atoms in total. The van der Waals surface area contributed by atoms with E-state index in [0.29, 0.717) is 5.16 Å². The lowest BCUT2D eigenvalue weighted by Crippen LogP contribution is -2.09. The molecule has 2 aromatic heterocycles. The molecule has 2 rings (SSSR count). The Balaban J connectivity index is 2.25. The Hall–Kier alpha value is -1.34. The standard InChI is InChI=1S/C11H14ClN5OS/c1-6(2)18-10-13-9(12)14-11(15-10)19-8-5-7(3)16-17(8)4/h5-6H,1-4H3. The van der Waals surface area contributed by atoms with Crippen molar-refractivity contribution in [1.29, 1.82) is 0 Å². The van der Waals surface area contributed by atoms with Gasteiger partial charge >= 0.3 is 6.01 Å². The highest BCUT2D eigenvalue weighted by atomic mass is 35.5. The molecule has 0 unspecified atom stereocenters. The second-order valence-electron chi connectivity index (χ2n) is 4.19. The third-order valence-electron chi connectivity index (χ3n) is 2.06. The van der Waals surface area contributed by atoms with Gasteiger partial charge in [0, 0.05) is 7.05 Å². The molecule has 0 aromatic carbocycles. The summed E-state index contributed by atoms with van der Waals surface area (Å²) in [5, 5.41) is 5.79. The maximum atomic E-state index is 5.87. The van der Waals surface area contributed by atoms with Gasteiger partial charge in [-0.25, -0.2) is 0 Å². The molecule has 8 heteroatoms. The van der Waals surface area contributed by atoms with Crippen LogP contribution in [0.4, 0.5) is 0 Å². The van der Waals surface area contributed by atoms with Crippen molar-refractivity contribution in [1.82, 2.24) is 24.7 Å². The summed E-state index contributed by atoms with van der Waals surface area (Å²) in [6.45, 7) is 5.72. The zero-order chi connectivity index (χ0) is 14.0. The number of nitrogens with zero attached hydrogens (tertiary/aromatic N) is 5. The van der Waals surface area contributed by atoms with Crippen molar-refractivity contribution in [3.63, 3.8) is 0 Å². The molecule has 0 spiro atoms. The second-order valence-corrected chi connectivity index (χ2v) is 5.51. The minimum atomic E-state index is -0.0183. The summed E-state index contributed by atoms with van der Waals surface area (Å²) >= 11 is 7.23. The highest BCUT2D eigenvalue weighted by Crippen LogP contribution is 2.26. The summed E-state index contributed by atoms with van der Waals surface area (Å²) in [5.74, 6) is 0. The summed E-state index contributed by atoms with van der Waals surface area (Å²) in [6.07, 6.45) is -0.0183. The van der Waals surface area contributed by atoms with E-state index in [1.54, 1.807) is 4.68 Å². The zero-order valence-corrected chi connectivity index (χ0v) is 12.7. The van der Waals surface area contributed by atoms with Crippen molar-refractivity contribution in [3.05, 3.63) is 17.0 Å². The maximum absolute atomic E-state index is 5.87. The molecule has 0 saturated heterocycles. The first-order chi connectivity index (χ1) is 8.94. The molecule has 0 atom stereocenters. The molecule has 0 saturated carbocycles. The molecular formula is C11H14ClN5OS. The van der Waals surface area contributed by atoms with E-state index in [-0.39, 0.29) is 17.4 Å². The van der Waals surface area contributed by atoms with Gasteiger partial charge in [-0.15, -0.1) is 0 Å². The average molecular weight is 300 g/mol. The van der Waals surface area contributed by atoms with Crippen LogP contribution in [0.2, 0.25) is 5.28 Å². The van der Waals surface area contributed by atoms with E-state index in [9.17, 15) is 0 Å². The predicted octanol–water partition coefficient (Wildman–Crippen LogP) is 2.51. The van der Waals surface area contributed by atoms with Crippen LogP contribution in [0.1, 0.15) is 19.5 Å². The minimum absolute atomic E-state index is 0.0183. The Morgan fingerprint density at radius 3 is 2.63 bits per heavy atom. The van der Waals surface area contributed by atoms with Gasteiger partial charge in [-0.2, -0.15) is 20.1 Å². The summed E-state index contributed by atoms with van der Waals surface area (Å²) in [7, 11) is 1.86. The topological polar surface area (TPSA) is 65.7 Å². The Morgan fingerprint density at radius 1 is 1.32 bits per heavy atom. The van der Waals surface area contributed by atoms with Gasteiger partial charge in [0.1, 0.15) is 5.03 Å². The zero-order valence-electron chi connectivity index (χ0n) is 11.1. The lowest BCUT2D eigenvalue weighted by Gasteiger charge is -2.08. The van der Waals surface area contributed by atoms with E-state index in [4.69, 9.17) is 16.3 Å². The normalized spacial score (nSPS) is 11.1. The lowest BCUT2D eigenvalue weighted by molar-refractivity contribution is 0.219. The average Bonchev–Trinajstić information content (AvgIpc) is 2.55. The molecule has 19 heavy (non-hydrogen) atoms. The molecule has 0 amide bonds. The molecule has 0 fully saturated rings. The van der Waals surface area contributed by atoms with Crippen molar-refractivity contribution in [3.8, 4) is 6.01 Å². The third-order valence-corrected chi connectivity index (χ3v) is 3.19. The molecule has 0 radical (unpaired) electrons. The summed E-state index contributed by atoms with van der Waals surface area (Å²) in [4.78, 5) is 12.2. The van der Waals surface area contributed by atoms with Crippen molar-refractivity contribution in [2.24, 2.45) is 7.05 Å². The Morgan fingerprint density at radius 2 is 2.05 bits per heavy atom. The van der Waals surface area contributed by atoms with E-state index in [1.165, 1.54) is 11.8 Å². The molecule has 102 valence electrons. The van der Waals surface area contributed by atoms with Crippen molar-refractivity contribution < 1.29 is 4.74 Å². The number of hydrogen-bond acceptors (Lipinski definition) is 6. The molecule has 0 N–H and O–H groups in total. The van der Waals surface area contributed by atoms with Gasteiger partial charge in [-0.05, 0) is 50.2 Å². The van der Waals surface area contributed by atoms with Crippen LogP contribution in [0.15, 0.2) is 16.2 Å². The first kappa shape index (κ1) is 14.1. The molecule has 0 aliphatic rings. The van der Waals surface area contributed by atoms with Crippen LogP contribution in [0.5, 0.6) is 6.01 Å². The number of halogens is 1. The minimum Gasteiger partial charge on any atom is -0.461 e. The monoisotopic (exact) mass is 299 g/mol. The summed E-state index contributed by atoms with van der Waals surface area (Å²) in [6, 6.07) is 2.18. The van der Waals surface area contributed by atoms with Crippen LogP contribution >= 0.6 is 23.4 Å². The number of hydrogen-bond donors (Lipinski definition) is 0. The van der Waals surface area contributed by atoms with Gasteiger partial charge in [0.2, 0.25) is 10.4 Å². The first-order valence-electron chi connectivity index (χ1n) is 5.71. The van der Waals surface area contributed by atoms with Gasteiger partial charge in [-0.1, -0.05) is 0 Å². The van der Waals surface area contributed by atoms with Crippen LogP contribution in [0.3, 0.4) is 0 Å². The largest absolute Gasteiger partial charge is 0.461 e. The molecular weight excluding hydrogens is 286 g/mol. The molecule has 0 aliphatic carbocycles. The van der Waals surface area contributed by atoms with Crippen LogP contribution in [0.25, 0.3) is 0 Å². The fourth-order valence-electron chi connectivity index (χ4n) is 1.40. The van der Waals surface area contributed by atoms with Crippen LogP contribution in [0, 0.1) is 6.92 Å². The number of rotatable bonds is 4. The smallest absolute Gasteiger partial charge is 0.322 e. The van der Waals surface area contributed by atoms with E-state index >= 15 is 0 Å². The highest BCUT2D eigenvalue weighted by molar-refractivity contribution is 7.99. The fraction of sp³-hybridized carbons (Fsp3) is 0.455. The van der Waals surface area contributed by atoms with E-state index in [2.05, 4.69) is 20.1 Å². The summed E-state index contributed by atoms with van der Waals surface area (Å²) in [5.41, 5.74) is 0.934. The second kappa shape index (κ2) is 5.75. The van der Waals surface area contributed by atoms with E-state index in [0.717, 1.165) is 10.7 Å². The third kappa shape index (κ3) is 3.81. The molecule has 0 aliphatic heterocycles. The predicted molar refractivity (Wildman–Crippen MR) is 72.7 cm³/mol. The maximum Gasteiger partial charge on any atom is 0.322 e. The SMILES string of the molecule is Cc1cc(Sc2nc(Cl)nc(OC(C)C)n2)n(C)n1. The Bertz CT molecular complexity index is 586. The lowest BCUT2D eigenvalue weighted by atomic mass is 10.5. The number of aryl methyl sites for hydroxylation is 2. The fourth-order valence-corrected chi connectivity index (χ4v) is 2.45. The van der Waals surface area contributed by atoms with Crippen molar-refractivity contribution in [2.45, 2.75) is 37.1 Å². The Kier molecular flexibility index (Phi) is 4.26. The first-order valence-corrected chi connectivity index (χ1v) is 6.90. The van der Waals surface area contributed by atoms with Gasteiger partial charge in [0.05, 0.1) is 11.8 Å². The van der Waals surface area contributed by atoms with Crippen LogP contribution in [-0.2, 0) is 7.05 Å². The Labute approximate surface area is 120 Å². The van der Waals surface area contributed by atoms with Crippen LogP contribution < -0.4 is 4.74 Å². The summed E-state index contributed by atoms with van der Waals surface area (Å²) < 4.78 is 7.19. The van der Waals surface area contributed by atoms with Crippen molar-refractivity contribution >= 4 is 23.4 Å². The van der Waals surface area contributed by atoms with Gasteiger partial charge < -0.3 is 4.74 Å². The molecule has 2 heterocycles. The van der Waals surface area contributed by atoms with Gasteiger partial charge in [0.25, 0.3) is 0 Å². The van der Waals surface area contributed by atoms with Gasteiger partial charge in [0.15, 0.2) is 0 Å². The molecule has 2 aromatic rings. The van der Waals surface area contributed by atoms with Crippen molar-refractivity contribution in [2.75, 3.05) is 0 Å². The molecule has 0 bridgehead atoms. The quantitative estimate of drug-likeness (QED) is 0.864.